The third-order valence-corrected chi connectivity index (χ3v) is 3.77. The van der Waals surface area contributed by atoms with Gasteiger partial charge in [-0.1, -0.05) is 29.3 Å². The molecule has 0 bridgehead atoms. The quantitative estimate of drug-likeness (QED) is 0.767. The van der Waals surface area contributed by atoms with Crippen molar-refractivity contribution in [2.45, 2.75) is 12.7 Å². The van der Waals surface area contributed by atoms with Crippen LogP contribution in [0.15, 0.2) is 41.3 Å². The van der Waals surface area contributed by atoms with Gasteiger partial charge in [-0.25, -0.2) is 0 Å². The molecule has 0 radical (unpaired) electrons. The summed E-state index contributed by atoms with van der Waals surface area (Å²) in [7, 11) is 0. The fraction of sp³-hybridized carbons (Fsp3) is 0.133. The van der Waals surface area contributed by atoms with Crippen molar-refractivity contribution in [3.05, 3.63) is 68.1 Å². The monoisotopic (exact) mass is 407 g/mol. The Labute approximate surface area is 154 Å². The van der Waals surface area contributed by atoms with Gasteiger partial charge in [0, 0.05) is 6.20 Å². The number of pyridine rings is 1. The van der Waals surface area contributed by atoms with Crippen molar-refractivity contribution < 1.29 is 22.8 Å². The van der Waals surface area contributed by atoms with Crippen LogP contribution in [0.3, 0.4) is 0 Å². The molecular formula is C15H10Cl2F3N3O3. The van der Waals surface area contributed by atoms with E-state index in [9.17, 15) is 27.6 Å². The Hall–Kier alpha value is -2.52. The average Bonchev–Trinajstić information content (AvgIpc) is 2.53. The molecule has 6 nitrogen and oxygen atoms in total. The highest BCUT2D eigenvalue weighted by molar-refractivity contribution is 6.39. The van der Waals surface area contributed by atoms with E-state index in [1.807, 2.05) is 10.9 Å². The van der Waals surface area contributed by atoms with Crippen molar-refractivity contribution in [3.63, 3.8) is 0 Å². The minimum atomic E-state index is -4.84. The van der Waals surface area contributed by atoms with Gasteiger partial charge >= 0.3 is 6.18 Å². The minimum absolute atomic E-state index is 0.0401. The third-order valence-electron chi connectivity index (χ3n) is 3.14. The number of nitrogens with one attached hydrogen (secondary N) is 2. The molecule has 2 amide bonds. The SMILES string of the molecule is O=C(Cn1cccc(C(F)(F)F)c1=O)NNC(=O)c1c(Cl)cccc1Cl. The van der Waals surface area contributed by atoms with Crippen molar-refractivity contribution in [3.8, 4) is 0 Å². The number of amides is 2. The Morgan fingerprint density at radius 3 is 2.23 bits per heavy atom. The van der Waals surface area contributed by atoms with Crippen LogP contribution in [0.1, 0.15) is 15.9 Å². The highest BCUT2D eigenvalue weighted by atomic mass is 35.5. The van der Waals surface area contributed by atoms with Crippen molar-refractivity contribution >= 4 is 35.0 Å². The summed E-state index contributed by atoms with van der Waals surface area (Å²) in [5, 5.41) is 0.0803. The first-order valence-electron chi connectivity index (χ1n) is 6.91. The Morgan fingerprint density at radius 2 is 1.65 bits per heavy atom. The van der Waals surface area contributed by atoms with Gasteiger partial charge < -0.3 is 4.57 Å². The largest absolute Gasteiger partial charge is 0.421 e. The fourth-order valence-corrected chi connectivity index (χ4v) is 2.54. The van der Waals surface area contributed by atoms with Crippen molar-refractivity contribution in [1.29, 1.82) is 0 Å². The van der Waals surface area contributed by atoms with E-state index in [1.54, 1.807) is 0 Å². The second-order valence-electron chi connectivity index (χ2n) is 4.95. The predicted molar refractivity (Wildman–Crippen MR) is 87.8 cm³/mol. The Morgan fingerprint density at radius 1 is 1.04 bits per heavy atom. The van der Waals surface area contributed by atoms with Crippen LogP contribution in [0.5, 0.6) is 0 Å². The van der Waals surface area contributed by atoms with Crippen LogP contribution in [-0.4, -0.2) is 16.4 Å². The molecule has 0 unspecified atom stereocenters. The smallest absolute Gasteiger partial charge is 0.306 e. The maximum atomic E-state index is 12.7. The number of rotatable bonds is 3. The topological polar surface area (TPSA) is 80.2 Å². The van der Waals surface area contributed by atoms with Crippen LogP contribution in [-0.2, 0) is 17.5 Å². The lowest BCUT2D eigenvalue weighted by atomic mass is 10.2. The summed E-state index contributed by atoms with van der Waals surface area (Å²) >= 11 is 11.7. The molecule has 138 valence electrons. The van der Waals surface area contributed by atoms with E-state index in [2.05, 4.69) is 0 Å². The van der Waals surface area contributed by atoms with Crippen molar-refractivity contribution in [2.75, 3.05) is 0 Å². The second-order valence-corrected chi connectivity index (χ2v) is 5.77. The summed E-state index contributed by atoms with van der Waals surface area (Å²) < 4.78 is 38.6. The number of carbonyl (C=O) groups is 2. The minimum Gasteiger partial charge on any atom is -0.306 e. The van der Waals surface area contributed by atoms with Gasteiger partial charge in [-0.3, -0.25) is 25.2 Å². The van der Waals surface area contributed by atoms with Gasteiger partial charge in [0.05, 0.1) is 15.6 Å². The van der Waals surface area contributed by atoms with E-state index in [0.29, 0.717) is 10.6 Å². The molecule has 11 heteroatoms. The number of hydrazine groups is 1. The van der Waals surface area contributed by atoms with Gasteiger partial charge in [-0.2, -0.15) is 13.2 Å². The number of benzene rings is 1. The number of carbonyl (C=O) groups excluding carboxylic acids is 2. The highest BCUT2D eigenvalue weighted by Gasteiger charge is 2.34. The standard InChI is InChI=1S/C15H10Cl2F3N3O3/c16-9-4-1-5-10(17)12(9)13(25)22-21-11(24)7-23-6-2-3-8(14(23)26)15(18,19)20/h1-6H,7H2,(H,21,24)(H,22,25). The summed E-state index contributed by atoms with van der Waals surface area (Å²) in [6.45, 7) is -0.737. The normalized spacial score (nSPS) is 11.1. The van der Waals surface area contributed by atoms with Crippen LogP contribution in [0.4, 0.5) is 13.2 Å². The molecule has 2 rings (SSSR count). The van der Waals surface area contributed by atoms with Crippen LogP contribution in [0.25, 0.3) is 0 Å². The molecule has 0 saturated carbocycles. The lowest BCUT2D eigenvalue weighted by molar-refractivity contribution is -0.139. The zero-order valence-electron chi connectivity index (χ0n) is 12.7. The molecule has 1 aromatic heterocycles. The Kier molecular flexibility index (Phi) is 5.94. The molecule has 0 aliphatic heterocycles. The van der Waals surface area contributed by atoms with Crippen LogP contribution >= 0.6 is 23.2 Å². The van der Waals surface area contributed by atoms with E-state index < -0.39 is 35.7 Å². The second kappa shape index (κ2) is 7.79. The van der Waals surface area contributed by atoms with E-state index >= 15 is 0 Å². The summed E-state index contributed by atoms with van der Waals surface area (Å²) in [4.78, 5) is 35.5. The molecule has 1 aromatic carbocycles. The summed E-state index contributed by atoms with van der Waals surface area (Å²) in [6, 6.07) is 5.93. The van der Waals surface area contributed by atoms with Crippen LogP contribution in [0.2, 0.25) is 10.0 Å². The van der Waals surface area contributed by atoms with Crippen molar-refractivity contribution in [1.82, 2.24) is 15.4 Å². The number of nitrogens with zero attached hydrogens (tertiary/aromatic N) is 1. The van der Waals surface area contributed by atoms with Gasteiger partial charge in [0.2, 0.25) is 0 Å². The number of hydrogen-bond acceptors (Lipinski definition) is 3. The predicted octanol–water partition coefficient (Wildman–Crippen LogP) is 2.64. The highest BCUT2D eigenvalue weighted by Crippen LogP contribution is 2.26. The van der Waals surface area contributed by atoms with Gasteiger partial charge in [-0.15, -0.1) is 0 Å². The average molecular weight is 408 g/mol. The first kappa shape index (κ1) is 19.8. The molecule has 1 heterocycles. The first-order chi connectivity index (χ1) is 12.1. The first-order valence-corrected chi connectivity index (χ1v) is 7.66. The van der Waals surface area contributed by atoms with Crippen LogP contribution in [0, 0.1) is 0 Å². The molecule has 2 aromatic rings. The molecule has 2 N–H and O–H groups in total. The number of alkyl halides is 3. The van der Waals surface area contributed by atoms with Crippen LogP contribution < -0.4 is 16.4 Å². The summed E-state index contributed by atoms with van der Waals surface area (Å²) in [6.07, 6.45) is -3.82. The lowest BCUT2D eigenvalue weighted by Crippen LogP contribution is -2.44. The van der Waals surface area contributed by atoms with Gasteiger partial charge in [0.1, 0.15) is 12.1 Å². The van der Waals surface area contributed by atoms with Gasteiger partial charge in [0.25, 0.3) is 17.4 Å². The molecule has 0 atom stereocenters. The Bertz CT molecular complexity index is 893. The van der Waals surface area contributed by atoms with Crippen molar-refractivity contribution in [2.24, 2.45) is 0 Å². The zero-order valence-corrected chi connectivity index (χ0v) is 14.2. The van der Waals surface area contributed by atoms with Gasteiger partial charge in [-0.05, 0) is 24.3 Å². The molecule has 0 spiro atoms. The summed E-state index contributed by atoms with van der Waals surface area (Å²) in [5.41, 5.74) is 1.12. The molecule has 0 aliphatic rings. The maximum absolute atomic E-state index is 12.7. The Balaban J connectivity index is 2.06. The van der Waals surface area contributed by atoms with E-state index in [-0.39, 0.29) is 15.6 Å². The maximum Gasteiger partial charge on any atom is 0.421 e. The number of hydrogen-bond donors (Lipinski definition) is 2. The molecule has 0 fully saturated rings. The molecular weight excluding hydrogens is 398 g/mol. The van der Waals surface area contributed by atoms with E-state index in [0.717, 1.165) is 12.3 Å². The molecule has 0 aliphatic carbocycles. The lowest BCUT2D eigenvalue weighted by Gasteiger charge is -2.12. The van der Waals surface area contributed by atoms with Gasteiger partial charge in [0.15, 0.2) is 0 Å². The summed E-state index contributed by atoms with van der Waals surface area (Å²) in [5.74, 6) is -1.76. The number of aromatic nitrogens is 1. The van der Waals surface area contributed by atoms with E-state index in [1.165, 1.54) is 18.2 Å². The zero-order chi connectivity index (χ0) is 19.5. The fourth-order valence-electron chi connectivity index (χ4n) is 1.98. The third kappa shape index (κ3) is 4.55. The molecule has 0 saturated heterocycles. The van der Waals surface area contributed by atoms with E-state index in [4.69, 9.17) is 23.2 Å². The number of halogens is 5. The molecule has 26 heavy (non-hydrogen) atoms.